The summed E-state index contributed by atoms with van der Waals surface area (Å²) in [6, 6.07) is 11.5. The van der Waals surface area contributed by atoms with Gasteiger partial charge in [-0.3, -0.25) is 10.1 Å². The van der Waals surface area contributed by atoms with Gasteiger partial charge in [0.25, 0.3) is 0 Å². The first-order chi connectivity index (χ1) is 14.1. The molecule has 10 heteroatoms. The SMILES string of the molecule is COC(=O)c1cccc(N2CC3(CN(c4cccc(S(C)(=O)=O)c4)C3)C2)c1[N+](=O)[O-]. The Morgan fingerprint density at radius 1 is 1.10 bits per heavy atom. The molecule has 2 aliphatic rings. The molecule has 0 N–H and O–H groups in total. The third-order valence-corrected chi connectivity index (χ3v) is 6.77. The maximum atomic E-state index is 11.9. The van der Waals surface area contributed by atoms with Crippen molar-refractivity contribution in [3.05, 3.63) is 58.1 Å². The van der Waals surface area contributed by atoms with Gasteiger partial charge in [0.1, 0.15) is 11.3 Å². The Labute approximate surface area is 173 Å². The summed E-state index contributed by atoms with van der Waals surface area (Å²) in [5, 5.41) is 11.6. The summed E-state index contributed by atoms with van der Waals surface area (Å²) in [6.07, 6.45) is 1.18. The molecular formula is C20H21N3O6S. The van der Waals surface area contributed by atoms with Crippen LogP contribution < -0.4 is 9.80 Å². The third-order valence-electron chi connectivity index (χ3n) is 5.66. The largest absolute Gasteiger partial charge is 0.465 e. The second-order valence-electron chi connectivity index (χ2n) is 7.90. The fraction of sp³-hybridized carbons (Fsp3) is 0.350. The van der Waals surface area contributed by atoms with Crippen molar-refractivity contribution in [1.29, 1.82) is 0 Å². The Morgan fingerprint density at radius 2 is 1.73 bits per heavy atom. The minimum Gasteiger partial charge on any atom is -0.465 e. The van der Waals surface area contributed by atoms with E-state index in [4.69, 9.17) is 0 Å². The molecule has 0 aromatic heterocycles. The van der Waals surface area contributed by atoms with Gasteiger partial charge in [0.15, 0.2) is 9.84 Å². The average molecular weight is 431 g/mol. The van der Waals surface area contributed by atoms with Crippen LogP contribution in [-0.2, 0) is 14.6 Å². The molecule has 2 fully saturated rings. The number of rotatable bonds is 5. The molecule has 158 valence electrons. The number of nitrogens with zero attached hydrogens (tertiary/aromatic N) is 3. The van der Waals surface area contributed by atoms with Crippen LogP contribution in [0.4, 0.5) is 17.1 Å². The zero-order valence-corrected chi connectivity index (χ0v) is 17.4. The molecule has 0 unspecified atom stereocenters. The zero-order valence-electron chi connectivity index (χ0n) is 16.6. The van der Waals surface area contributed by atoms with Crippen molar-refractivity contribution in [1.82, 2.24) is 0 Å². The summed E-state index contributed by atoms with van der Waals surface area (Å²) >= 11 is 0. The molecule has 2 aliphatic heterocycles. The Kier molecular flexibility index (Phi) is 4.69. The maximum Gasteiger partial charge on any atom is 0.344 e. The van der Waals surface area contributed by atoms with Crippen molar-refractivity contribution in [2.75, 3.05) is 49.3 Å². The van der Waals surface area contributed by atoms with Gasteiger partial charge in [0.05, 0.1) is 16.9 Å². The van der Waals surface area contributed by atoms with Crippen LogP contribution in [-0.4, -0.2) is 58.9 Å². The van der Waals surface area contributed by atoms with E-state index in [1.807, 2.05) is 11.0 Å². The lowest BCUT2D eigenvalue weighted by molar-refractivity contribution is -0.384. The van der Waals surface area contributed by atoms with Gasteiger partial charge in [-0.25, -0.2) is 13.2 Å². The zero-order chi connectivity index (χ0) is 21.7. The lowest BCUT2D eigenvalue weighted by atomic mass is 9.72. The van der Waals surface area contributed by atoms with Gasteiger partial charge < -0.3 is 14.5 Å². The molecule has 4 rings (SSSR count). The summed E-state index contributed by atoms with van der Waals surface area (Å²) in [5.74, 6) is -0.737. The van der Waals surface area contributed by atoms with Crippen LogP contribution >= 0.6 is 0 Å². The Hall–Kier alpha value is -3.14. The number of nitro groups is 1. The van der Waals surface area contributed by atoms with E-state index in [0.717, 1.165) is 18.8 Å². The van der Waals surface area contributed by atoms with E-state index < -0.39 is 20.7 Å². The van der Waals surface area contributed by atoms with Crippen LogP contribution in [0.3, 0.4) is 0 Å². The predicted molar refractivity (Wildman–Crippen MR) is 111 cm³/mol. The first-order valence-corrected chi connectivity index (χ1v) is 11.2. The Bertz CT molecular complexity index is 1130. The minimum atomic E-state index is -3.27. The fourth-order valence-electron chi connectivity index (χ4n) is 4.24. The molecule has 0 atom stereocenters. The van der Waals surface area contributed by atoms with Crippen LogP contribution in [0.1, 0.15) is 10.4 Å². The van der Waals surface area contributed by atoms with Crippen molar-refractivity contribution < 1.29 is 22.9 Å². The number of ether oxygens (including phenoxy) is 1. The second kappa shape index (κ2) is 6.98. The van der Waals surface area contributed by atoms with E-state index in [9.17, 15) is 23.3 Å². The van der Waals surface area contributed by atoms with Crippen molar-refractivity contribution in [3.63, 3.8) is 0 Å². The van der Waals surface area contributed by atoms with E-state index >= 15 is 0 Å². The van der Waals surface area contributed by atoms with Gasteiger partial charge in [0.2, 0.25) is 0 Å². The molecule has 0 bridgehead atoms. The number of carbonyl (C=O) groups excluding carboxylic acids is 1. The van der Waals surface area contributed by atoms with E-state index in [0.29, 0.717) is 18.8 Å². The van der Waals surface area contributed by atoms with Crippen LogP contribution in [0.2, 0.25) is 0 Å². The van der Waals surface area contributed by atoms with Gasteiger partial charge in [-0.15, -0.1) is 0 Å². The Balaban J connectivity index is 1.48. The molecule has 2 aromatic rings. The van der Waals surface area contributed by atoms with Gasteiger partial charge in [0, 0.05) is 43.5 Å². The molecule has 0 saturated carbocycles. The molecule has 9 nitrogen and oxygen atoms in total. The lowest BCUT2D eigenvalue weighted by Gasteiger charge is -2.61. The molecule has 0 aliphatic carbocycles. The van der Waals surface area contributed by atoms with Crippen LogP contribution in [0.15, 0.2) is 47.4 Å². The van der Waals surface area contributed by atoms with E-state index in [1.165, 1.54) is 19.4 Å². The highest BCUT2D eigenvalue weighted by Crippen LogP contribution is 2.46. The van der Waals surface area contributed by atoms with E-state index in [-0.39, 0.29) is 21.6 Å². The highest BCUT2D eigenvalue weighted by molar-refractivity contribution is 7.90. The highest BCUT2D eigenvalue weighted by atomic mass is 32.2. The summed E-state index contributed by atoms with van der Waals surface area (Å²) in [7, 11) is -2.08. The number of nitro benzene ring substituents is 1. The summed E-state index contributed by atoms with van der Waals surface area (Å²) in [5.41, 5.74) is 0.952. The van der Waals surface area contributed by atoms with Gasteiger partial charge >= 0.3 is 11.7 Å². The first kappa shape index (κ1) is 20.1. The number of sulfone groups is 1. The smallest absolute Gasteiger partial charge is 0.344 e. The summed E-state index contributed by atoms with van der Waals surface area (Å²) in [4.78, 5) is 27.3. The molecule has 30 heavy (non-hydrogen) atoms. The number of methoxy groups -OCH3 is 1. The quantitative estimate of drug-likeness (QED) is 0.402. The minimum absolute atomic E-state index is 0.00374. The maximum absolute atomic E-state index is 11.9. The van der Waals surface area contributed by atoms with Crippen molar-refractivity contribution >= 4 is 32.9 Å². The summed E-state index contributed by atoms with van der Waals surface area (Å²) < 4.78 is 28.2. The molecule has 2 heterocycles. The second-order valence-corrected chi connectivity index (χ2v) is 9.92. The topological polar surface area (TPSA) is 110 Å². The van der Waals surface area contributed by atoms with E-state index in [1.54, 1.807) is 30.3 Å². The number of esters is 1. The lowest BCUT2D eigenvalue weighted by Crippen LogP contribution is -2.72. The number of benzene rings is 2. The third kappa shape index (κ3) is 3.36. The highest BCUT2D eigenvalue weighted by Gasteiger charge is 2.53. The molecule has 2 saturated heterocycles. The number of para-hydroxylation sites is 1. The van der Waals surface area contributed by atoms with Crippen LogP contribution in [0.25, 0.3) is 0 Å². The normalized spacial score (nSPS) is 17.3. The molecule has 0 amide bonds. The number of hydrogen-bond donors (Lipinski definition) is 0. The Morgan fingerprint density at radius 3 is 2.33 bits per heavy atom. The fourth-order valence-corrected chi connectivity index (χ4v) is 4.90. The number of anilines is 2. The van der Waals surface area contributed by atoms with Crippen molar-refractivity contribution in [3.8, 4) is 0 Å². The van der Waals surface area contributed by atoms with Crippen molar-refractivity contribution in [2.45, 2.75) is 4.90 Å². The van der Waals surface area contributed by atoms with E-state index in [2.05, 4.69) is 9.64 Å². The first-order valence-electron chi connectivity index (χ1n) is 9.29. The van der Waals surface area contributed by atoms with Gasteiger partial charge in [-0.1, -0.05) is 12.1 Å². The van der Waals surface area contributed by atoms with Gasteiger partial charge in [-0.05, 0) is 30.3 Å². The monoisotopic (exact) mass is 431 g/mol. The molecule has 1 spiro atoms. The van der Waals surface area contributed by atoms with Crippen molar-refractivity contribution in [2.24, 2.45) is 5.41 Å². The number of hydrogen-bond acceptors (Lipinski definition) is 8. The number of carbonyl (C=O) groups is 1. The van der Waals surface area contributed by atoms with Crippen LogP contribution in [0, 0.1) is 15.5 Å². The van der Waals surface area contributed by atoms with Gasteiger partial charge in [-0.2, -0.15) is 0 Å². The predicted octanol–water partition coefficient (Wildman–Crippen LogP) is 2.11. The standard InChI is InChI=1S/C20H21N3O6S/c1-29-19(24)16-7-4-8-17(18(16)23(25)26)22-12-20(13-22)10-21(11-20)14-5-3-6-15(9-14)30(2,27)28/h3-9H,10-13H2,1-2H3. The average Bonchev–Trinajstić information content (AvgIpc) is 2.64. The summed E-state index contributed by atoms with van der Waals surface area (Å²) in [6.45, 7) is 2.73. The molecule has 2 aromatic carbocycles. The molecular weight excluding hydrogens is 410 g/mol. The van der Waals surface area contributed by atoms with Crippen LogP contribution in [0.5, 0.6) is 0 Å². The molecule has 0 radical (unpaired) electrons.